The van der Waals surface area contributed by atoms with E-state index in [2.05, 4.69) is 10.2 Å². The lowest BCUT2D eigenvalue weighted by Crippen LogP contribution is -2.48. The number of nitrogens with two attached hydrogens (primary N) is 1. The van der Waals surface area contributed by atoms with Crippen molar-refractivity contribution in [1.29, 1.82) is 0 Å². The van der Waals surface area contributed by atoms with Crippen molar-refractivity contribution >= 4 is 5.91 Å². The lowest BCUT2D eigenvalue weighted by molar-refractivity contribution is -0.126. The van der Waals surface area contributed by atoms with Crippen molar-refractivity contribution < 1.29 is 4.79 Å². The molecule has 1 aliphatic carbocycles. The maximum atomic E-state index is 11.9. The average Bonchev–Trinajstić information content (AvgIpc) is 3.12. The van der Waals surface area contributed by atoms with Gasteiger partial charge in [-0.25, -0.2) is 0 Å². The molecular formula is C13H25N3O. The fourth-order valence-corrected chi connectivity index (χ4v) is 2.42. The zero-order valence-corrected chi connectivity index (χ0v) is 11.0. The van der Waals surface area contributed by atoms with Crippen molar-refractivity contribution in [3.05, 3.63) is 0 Å². The van der Waals surface area contributed by atoms with Gasteiger partial charge in [-0.15, -0.1) is 0 Å². The number of hydrogen-bond donors (Lipinski definition) is 2. The normalized spacial score (nSPS) is 26.5. The highest BCUT2D eigenvalue weighted by Gasteiger charge is 2.32. The number of likely N-dealkylation sites (tertiary alicyclic amines) is 1. The quantitative estimate of drug-likeness (QED) is 0.760. The van der Waals surface area contributed by atoms with Crippen LogP contribution in [-0.4, -0.2) is 42.0 Å². The van der Waals surface area contributed by atoms with Crippen molar-refractivity contribution in [3.63, 3.8) is 0 Å². The third kappa shape index (κ3) is 3.42. The van der Waals surface area contributed by atoms with E-state index in [0.29, 0.717) is 6.04 Å². The van der Waals surface area contributed by atoms with Crippen LogP contribution in [0.1, 0.15) is 39.5 Å². The Morgan fingerprint density at radius 1 is 1.24 bits per heavy atom. The molecule has 0 aromatic rings. The Labute approximate surface area is 104 Å². The summed E-state index contributed by atoms with van der Waals surface area (Å²) in [5, 5.41) is 3.13. The Kier molecular flexibility index (Phi) is 4.05. The van der Waals surface area contributed by atoms with Crippen LogP contribution in [0.3, 0.4) is 0 Å². The van der Waals surface area contributed by atoms with Crippen LogP contribution in [0.2, 0.25) is 0 Å². The molecule has 4 heteroatoms. The van der Waals surface area contributed by atoms with Crippen molar-refractivity contribution in [2.45, 2.75) is 57.7 Å². The minimum atomic E-state index is -0.0866. The molecule has 2 fully saturated rings. The third-order valence-electron chi connectivity index (χ3n) is 4.14. The van der Waals surface area contributed by atoms with Gasteiger partial charge < -0.3 is 16.0 Å². The molecule has 0 aromatic carbocycles. The Hall–Kier alpha value is -0.610. The van der Waals surface area contributed by atoms with E-state index in [1.165, 1.54) is 12.8 Å². The number of piperidine rings is 1. The van der Waals surface area contributed by atoms with Gasteiger partial charge in [0.25, 0.3) is 0 Å². The minimum Gasteiger partial charge on any atom is -0.353 e. The Bertz CT molecular complexity index is 268. The molecule has 2 unspecified atom stereocenters. The molecular weight excluding hydrogens is 214 g/mol. The van der Waals surface area contributed by atoms with E-state index in [1.54, 1.807) is 0 Å². The first kappa shape index (κ1) is 12.8. The van der Waals surface area contributed by atoms with Gasteiger partial charge in [-0.3, -0.25) is 4.79 Å². The first-order valence-corrected chi connectivity index (χ1v) is 6.88. The SMILES string of the molecule is CC(N)C(C)C(=O)NC1CCN(C2CC2)CC1. The summed E-state index contributed by atoms with van der Waals surface area (Å²) in [4.78, 5) is 14.4. The van der Waals surface area contributed by atoms with Crippen LogP contribution >= 0.6 is 0 Å². The highest BCUT2D eigenvalue weighted by atomic mass is 16.1. The summed E-state index contributed by atoms with van der Waals surface area (Å²) >= 11 is 0. The monoisotopic (exact) mass is 239 g/mol. The van der Waals surface area contributed by atoms with Crippen LogP contribution in [0, 0.1) is 5.92 Å². The molecule has 1 amide bonds. The van der Waals surface area contributed by atoms with E-state index < -0.39 is 0 Å². The fraction of sp³-hybridized carbons (Fsp3) is 0.923. The largest absolute Gasteiger partial charge is 0.353 e. The maximum Gasteiger partial charge on any atom is 0.224 e. The van der Waals surface area contributed by atoms with Crippen molar-refractivity contribution in [3.8, 4) is 0 Å². The number of hydrogen-bond acceptors (Lipinski definition) is 3. The minimum absolute atomic E-state index is 0.0680. The van der Waals surface area contributed by atoms with E-state index in [1.807, 2.05) is 13.8 Å². The standard InChI is InChI=1S/C13H25N3O/c1-9(10(2)14)13(17)15-11-5-7-16(8-6-11)12-3-4-12/h9-12H,3-8,14H2,1-2H3,(H,15,17). The summed E-state index contributed by atoms with van der Waals surface area (Å²) in [6.07, 6.45) is 4.93. The van der Waals surface area contributed by atoms with Gasteiger partial charge in [0.15, 0.2) is 0 Å². The number of carbonyl (C=O) groups excluding carboxylic acids is 1. The van der Waals surface area contributed by atoms with Crippen molar-refractivity contribution in [2.24, 2.45) is 11.7 Å². The lowest BCUT2D eigenvalue weighted by atomic mass is 10.0. The summed E-state index contributed by atoms with van der Waals surface area (Å²) in [7, 11) is 0. The van der Waals surface area contributed by atoms with E-state index in [9.17, 15) is 4.79 Å². The fourth-order valence-electron chi connectivity index (χ4n) is 2.42. The highest BCUT2D eigenvalue weighted by molar-refractivity contribution is 5.79. The predicted octanol–water partition coefficient (Wildman–Crippen LogP) is 0.713. The Morgan fingerprint density at radius 2 is 1.82 bits per heavy atom. The van der Waals surface area contributed by atoms with Crippen LogP contribution in [0.4, 0.5) is 0 Å². The van der Waals surface area contributed by atoms with Gasteiger partial charge in [0.2, 0.25) is 5.91 Å². The van der Waals surface area contributed by atoms with Gasteiger partial charge >= 0.3 is 0 Å². The van der Waals surface area contributed by atoms with Crippen molar-refractivity contribution in [1.82, 2.24) is 10.2 Å². The molecule has 17 heavy (non-hydrogen) atoms. The third-order valence-corrected chi connectivity index (χ3v) is 4.14. The van der Waals surface area contributed by atoms with Gasteiger partial charge in [-0.1, -0.05) is 6.92 Å². The lowest BCUT2D eigenvalue weighted by Gasteiger charge is -2.33. The van der Waals surface area contributed by atoms with Gasteiger partial charge in [-0.05, 0) is 32.6 Å². The van der Waals surface area contributed by atoms with Crippen LogP contribution in [0.15, 0.2) is 0 Å². The average molecular weight is 239 g/mol. The smallest absolute Gasteiger partial charge is 0.224 e. The molecule has 0 aromatic heterocycles. The Balaban J connectivity index is 1.71. The maximum absolute atomic E-state index is 11.9. The molecule has 1 saturated heterocycles. The second kappa shape index (κ2) is 5.36. The summed E-state index contributed by atoms with van der Waals surface area (Å²) < 4.78 is 0. The predicted molar refractivity (Wildman–Crippen MR) is 68.6 cm³/mol. The molecule has 0 spiro atoms. The Morgan fingerprint density at radius 3 is 2.29 bits per heavy atom. The topological polar surface area (TPSA) is 58.4 Å². The van der Waals surface area contributed by atoms with E-state index in [-0.39, 0.29) is 17.9 Å². The molecule has 3 N–H and O–H groups in total. The van der Waals surface area contributed by atoms with Crippen LogP contribution in [0.25, 0.3) is 0 Å². The first-order valence-electron chi connectivity index (χ1n) is 6.88. The van der Waals surface area contributed by atoms with Crippen LogP contribution < -0.4 is 11.1 Å². The number of nitrogens with one attached hydrogen (secondary N) is 1. The second-order valence-corrected chi connectivity index (χ2v) is 5.70. The van der Waals surface area contributed by atoms with E-state index in [4.69, 9.17) is 5.73 Å². The van der Waals surface area contributed by atoms with Gasteiger partial charge in [0, 0.05) is 37.1 Å². The molecule has 4 nitrogen and oxygen atoms in total. The van der Waals surface area contributed by atoms with Gasteiger partial charge in [0.05, 0.1) is 0 Å². The summed E-state index contributed by atoms with van der Waals surface area (Å²) in [5.41, 5.74) is 5.74. The zero-order chi connectivity index (χ0) is 12.4. The summed E-state index contributed by atoms with van der Waals surface area (Å²) in [6.45, 7) is 6.07. The van der Waals surface area contributed by atoms with Crippen LogP contribution in [0.5, 0.6) is 0 Å². The number of carbonyl (C=O) groups is 1. The summed E-state index contributed by atoms with van der Waals surface area (Å²) in [6, 6.07) is 1.15. The molecule has 1 heterocycles. The molecule has 0 radical (unpaired) electrons. The van der Waals surface area contributed by atoms with Gasteiger partial charge in [-0.2, -0.15) is 0 Å². The molecule has 2 aliphatic rings. The van der Waals surface area contributed by atoms with Crippen molar-refractivity contribution in [2.75, 3.05) is 13.1 Å². The number of amides is 1. The number of rotatable bonds is 4. The second-order valence-electron chi connectivity index (χ2n) is 5.70. The highest BCUT2D eigenvalue weighted by Crippen LogP contribution is 2.29. The zero-order valence-electron chi connectivity index (χ0n) is 11.0. The molecule has 1 saturated carbocycles. The molecule has 1 aliphatic heterocycles. The molecule has 98 valence electrons. The first-order chi connectivity index (χ1) is 8.08. The number of nitrogens with zero attached hydrogens (tertiary/aromatic N) is 1. The van der Waals surface area contributed by atoms with Gasteiger partial charge in [0.1, 0.15) is 0 Å². The summed E-state index contributed by atoms with van der Waals surface area (Å²) in [5.74, 6) is 0.0290. The molecule has 0 bridgehead atoms. The molecule has 2 rings (SSSR count). The molecule has 2 atom stereocenters. The van der Waals surface area contributed by atoms with E-state index >= 15 is 0 Å². The van der Waals surface area contributed by atoms with Crippen LogP contribution in [-0.2, 0) is 4.79 Å². The van der Waals surface area contributed by atoms with E-state index in [0.717, 1.165) is 32.0 Å².